The van der Waals surface area contributed by atoms with Crippen molar-refractivity contribution in [2.75, 3.05) is 11.9 Å². The van der Waals surface area contributed by atoms with E-state index < -0.39 is 6.10 Å². The van der Waals surface area contributed by atoms with E-state index in [4.69, 9.17) is 4.74 Å². The molecule has 31 heavy (non-hydrogen) atoms. The molecular weight excluding hydrogens is 390 g/mol. The first kappa shape index (κ1) is 20.6. The highest BCUT2D eigenvalue weighted by Gasteiger charge is 2.14. The Bertz CT molecular complexity index is 1140. The van der Waals surface area contributed by atoms with E-state index in [1.807, 2.05) is 65.2 Å². The normalized spacial score (nSPS) is 11.9. The molecular formula is C24H25N5O2. The molecule has 0 bridgehead atoms. The van der Waals surface area contributed by atoms with Crippen molar-refractivity contribution < 1.29 is 9.84 Å². The lowest BCUT2D eigenvalue weighted by Gasteiger charge is -2.15. The summed E-state index contributed by atoms with van der Waals surface area (Å²) in [5, 5.41) is 13.8. The van der Waals surface area contributed by atoms with Crippen LogP contribution in [0, 0.1) is 0 Å². The fourth-order valence-electron chi connectivity index (χ4n) is 3.36. The molecule has 0 aliphatic heterocycles. The molecule has 4 rings (SSSR count). The van der Waals surface area contributed by atoms with Crippen LogP contribution in [0.3, 0.4) is 0 Å². The van der Waals surface area contributed by atoms with Crippen LogP contribution < -0.4 is 10.1 Å². The average molecular weight is 415 g/mol. The number of para-hydroxylation sites is 1. The van der Waals surface area contributed by atoms with Gasteiger partial charge in [0.1, 0.15) is 30.3 Å². The largest absolute Gasteiger partial charge is 0.491 e. The monoisotopic (exact) mass is 415 g/mol. The predicted octanol–water partition coefficient (Wildman–Crippen LogP) is 3.61. The molecule has 1 atom stereocenters. The molecule has 2 N–H and O–H groups in total. The Morgan fingerprint density at radius 1 is 1.06 bits per heavy atom. The second-order valence-electron chi connectivity index (χ2n) is 7.20. The second-order valence-corrected chi connectivity index (χ2v) is 7.20. The van der Waals surface area contributed by atoms with Gasteiger partial charge in [-0.2, -0.15) is 0 Å². The number of nitrogens with one attached hydrogen (secondary N) is 1. The van der Waals surface area contributed by atoms with Gasteiger partial charge in [-0.15, -0.1) is 6.58 Å². The molecule has 2 aromatic heterocycles. The van der Waals surface area contributed by atoms with Gasteiger partial charge in [0, 0.05) is 6.54 Å². The molecule has 0 fully saturated rings. The van der Waals surface area contributed by atoms with Gasteiger partial charge in [0.05, 0.1) is 12.9 Å². The van der Waals surface area contributed by atoms with Gasteiger partial charge in [-0.25, -0.2) is 15.0 Å². The molecule has 0 spiro atoms. The van der Waals surface area contributed by atoms with Gasteiger partial charge in [0.15, 0.2) is 11.5 Å². The van der Waals surface area contributed by atoms with Gasteiger partial charge in [-0.05, 0) is 23.6 Å². The van der Waals surface area contributed by atoms with Crippen molar-refractivity contribution in [3.63, 3.8) is 0 Å². The van der Waals surface area contributed by atoms with Crippen LogP contribution in [-0.4, -0.2) is 37.3 Å². The Morgan fingerprint density at radius 3 is 2.71 bits per heavy atom. The Labute approximate surface area is 181 Å². The zero-order valence-electron chi connectivity index (χ0n) is 17.2. The number of rotatable bonds is 10. The minimum absolute atomic E-state index is 0.165. The highest BCUT2D eigenvalue weighted by Crippen LogP contribution is 2.20. The van der Waals surface area contributed by atoms with E-state index in [-0.39, 0.29) is 6.61 Å². The van der Waals surface area contributed by atoms with Crippen molar-refractivity contribution in [2.45, 2.75) is 25.6 Å². The number of ether oxygens (including phenoxy) is 1. The quantitative estimate of drug-likeness (QED) is 0.385. The number of allylic oxidation sites excluding steroid dienone is 1. The molecule has 7 heteroatoms. The number of nitrogens with zero attached hydrogens (tertiary/aromatic N) is 4. The van der Waals surface area contributed by atoms with Crippen LogP contribution in [0.1, 0.15) is 11.1 Å². The lowest BCUT2D eigenvalue weighted by atomic mass is 10.1. The van der Waals surface area contributed by atoms with Crippen molar-refractivity contribution in [3.8, 4) is 5.75 Å². The summed E-state index contributed by atoms with van der Waals surface area (Å²) < 4.78 is 7.66. The highest BCUT2D eigenvalue weighted by molar-refractivity contribution is 5.82. The van der Waals surface area contributed by atoms with Gasteiger partial charge in [0.2, 0.25) is 0 Å². The van der Waals surface area contributed by atoms with Crippen LogP contribution in [-0.2, 0) is 19.5 Å². The minimum Gasteiger partial charge on any atom is -0.491 e. The van der Waals surface area contributed by atoms with Crippen LogP contribution in [0.2, 0.25) is 0 Å². The number of fused-ring (bicyclic) bond motifs is 1. The third kappa shape index (κ3) is 5.07. The van der Waals surface area contributed by atoms with Crippen molar-refractivity contribution in [3.05, 3.63) is 91.0 Å². The third-order valence-corrected chi connectivity index (χ3v) is 4.88. The first-order valence-corrected chi connectivity index (χ1v) is 10.2. The summed E-state index contributed by atoms with van der Waals surface area (Å²) in [4.78, 5) is 13.1. The fourth-order valence-corrected chi connectivity index (χ4v) is 3.36. The minimum atomic E-state index is -0.718. The zero-order chi connectivity index (χ0) is 21.5. The Morgan fingerprint density at radius 2 is 1.87 bits per heavy atom. The standard InChI is InChI=1S/C24H25N5O2/c1-2-8-19-11-6-7-12-21(19)31-15-20(30)14-29-17-28-22-23(26-16-27-24(22)29)25-13-18-9-4-3-5-10-18/h2-7,9-12,16-17,20,30H,1,8,13-15H2,(H,25,26,27)/t20-/m1/s1. The molecule has 0 radical (unpaired) electrons. The molecule has 2 aromatic carbocycles. The average Bonchev–Trinajstić information content (AvgIpc) is 3.21. The molecule has 0 saturated heterocycles. The topological polar surface area (TPSA) is 85.1 Å². The van der Waals surface area contributed by atoms with E-state index in [0.717, 1.165) is 16.9 Å². The van der Waals surface area contributed by atoms with Gasteiger partial charge in [-0.3, -0.25) is 0 Å². The summed E-state index contributed by atoms with van der Waals surface area (Å²) in [6, 6.07) is 17.9. The lowest BCUT2D eigenvalue weighted by molar-refractivity contribution is 0.0929. The van der Waals surface area contributed by atoms with Gasteiger partial charge >= 0.3 is 0 Å². The van der Waals surface area contributed by atoms with E-state index in [1.54, 1.807) is 6.33 Å². The summed E-state index contributed by atoms with van der Waals surface area (Å²) in [5.74, 6) is 1.42. The number of anilines is 1. The predicted molar refractivity (Wildman–Crippen MR) is 121 cm³/mol. The smallest absolute Gasteiger partial charge is 0.165 e. The molecule has 0 aliphatic rings. The van der Waals surface area contributed by atoms with Crippen molar-refractivity contribution in [1.82, 2.24) is 19.5 Å². The summed E-state index contributed by atoms with van der Waals surface area (Å²) in [7, 11) is 0. The number of aromatic nitrogens is 4. The third-order valence-electron chi connectivity index (χ3n) is 4.88. The SMILES string of the molecule is C=CCc1ccccc1OC[C@H](O)Cn1cnc2c(NCc3ccccc3)ncnc21. The van der Waals surface area contributed by atoms with Crippen molar-refractivity contribution in [2.24, 2.45) is 0 Å². The van der Waals surface area contributed by atoms with E-state index in [0.29, 0.717) is 36.5 Å². The molecule has 0 aliphatic carbocycles. The van der Waals surface area contributed by atoms with E-state index in [2.05, 4.69) is 26.8 Å². The molecule has 0 unspecified atom stereocenters. The Kier molecular flexibility index (Phi) is 6.54. The van der Waals surface area contributed by atoms with E-state index >= 15 is 0 Å². The van der Waals surface area contributed by atoms with Gasteiger partial charge in [-0.1, -0.05) is 54.6 Å². The zero-order valence-corrected chi connectivity index (χ0v) is 17.2. The van der Waals surface area contributed by atoms with Crippen molar-refractivity contribution in [1.29, 1.82) is 0 Å². The maximum atomic E-state index is 10.5. The number of aliphatic hydroxyl groups is 1. The number of imidazole rings is 1. The highest BCUT2D eigenvalue weighted by atomic mass is 16.5. The molecule has 4 aromatic rings. The van der Waals surface area contributed by atoms with E-state index in [1.165, 1.54) is 6.33 Å². The van der Waals surface area contributed by atoms with E-state index in [9.17, 15) is 5.11 Å². The Hall–Kier alpha value is -3.71. The maximum absolute atomic E-state index is 10.5. The van der Waals surface area contributed by atoms with Crippen LogP contribution in [0.5, 0.6) is 5.75 Å². The number of hydrogen-bond donors (Lipinski definition) is 2. The van der Waals surface area contributed by atoms with Gasteiger partial charge < -0.3 is 19.7 Å². The van der Waals surface area contributed by atoms with Crippen LogP contribution in [0.25, 0.3) is 11.2 Å². The number of aliphatic hydroxyl groups excluding tert-OH is 1. The molecule has 0 amide bonds. The van der Waals surface area contributed by atoms with Gasteiger partial charge in [0.25, 0.3) is 0 Å². The second kappa shape index (κ2) is 9.86. The van der Waals surface area contributed by atoms with Crippen molar-refractivity contribution >= 4 is 17.0 Å². The Balaban J connectivity index is 1.41. The maximum Gasteiger partial charge on any atom is 0.165 e. The fraction of sp³-hybridized carbons (Fsp3) is 0.208. The summed E-state index contributed by atoms with van der Waals surface area (Å²) in [6.07, 6.45) is 5.00. The molecule has 7 nitrogen and oxygen atoms in total. The van der Waals surface area contributed by atoms with Crippen LogP contribution in [0.4, 0.5) is 5.82 Å². The number of hydrogen-bond acceptors (Lipinski definition) is 6. The number of benzene rings is 2. The first-order chi connectivity index (χ1) is 15.2. The molecule has 2 heterocycles. The molecule has 158 valence electrons. The summed E-state index contributed by atoms with van der Waals surface area (Å²) in [5.41, 5.74) is 3.53. The summed E-state index contributed by atoms with van der Waals surface area (Å²) >= 11 is 0. The first-order valence-electron chi connectivity index (χ1n) is 10.2. The van der Waals surface area contributed by atoms with Crippen LogP contribution >= 0.6 is 0 Å². The van der Waals surface area contributed by atoms with Crippen LogP contribution in [0.15, 0.2) is 79.9 Å². The molecule has 0 saturated carbocycles. The summed E-state index contributed by atoms with van der Waals surface area (Å²) in [6.45, 7) is 4.89. The lowest BCUT2D eigenvalue weighted by Crippen LogP contribution is -2.23.